The van der Waals surface area contributed by atoms with Crippen molar-refractivity contribution < 1.29 is 19.8 Å². The molecule has 0 aromatic heterocycles. The summed E-state index contributed by atoms with van der Waals surface area (Å²) in [6.07, 6.45) is 0.194. The van der Waals surface area contributed by atoms with Crippen molar-refractivity contribution in [2.24, 2.45) is 5.73 Å². The Balaban J connectivity index is 2.45. The lowest BCUT2D eigenvalue weighted by Crippen LogP contribution is -2.47. The first-order valence-electron chi connectivity index (χ1n) is 5.93. The second-order valence-corrected chi connectivity index (χ2v) is 4.11. The second-order valence-electron chi connectivity index (χ2n) is 4.11. The average Bonchev–Trinajstić information content (AvgIpc) is 2.42. The summed E-state index contributed by atoms with van der Waals surface area (Å²) < 4.78 is 0. The van der Waals surface area contributed by atoms with Gasteiger partial charge in [-0.25, -0.2) is 4.79 Å². The lowest BCUT2D eigenvalue weighted by atomic mass is 10.1. The van der Waals surface area contributed by atoms with Crippen LogP contribution in [0.3, 0.4) is 0 Å². The van der Waals surface area contributed by atoms with Gasteiger partial charge in [-0.3, -0.25) is 4.79 Å². The van der Waals surface area contributed by atoms with E-state index >= 15 is 0 Å². The standard InChI is InChI=1S/C12H18N4O4/c1-14-12(20)16-6-15-11(19)8(13)4-7-2-3-9(17)10(18)5-7/h2-3,5,8,17-18H,4,6,13H2,1H3,(H,15,19)(H2,14,16,20)/t8-/m1/s1. The molecule has 0 heterocycles. The molecule has 1 atom stereocenters. The number of nitrogens with one attached hydrogen (secondary N) is 3. The highest BCUT2D eigenvalue weighted by Gasteiger charge is 2.14. The summed E-state index contributed by atoms with van der Waals surface area (Å²) in [7, 11) is 1.46. The third-order valence-corrected chi connectivity index (χ3v) is 2.57. The molecule has 0 saturated heterocycles. The van der Waals surface area contributed by atoms with Crippen LogP contribution >= 0.6 is 0 Å². The Morgan fingerprint density at radius 1 is 1.25 bits per heavy atom. The molecule has 1 rings (SSSR count). The zero-order chi connectivity index (χ0) is 15.1. The number of phenolic OH excluding ortho intramolecular Hbond substituents is 2. The quantitative estimate of drug-likeness (QED) is 0.303. The van der Waals surface area contributed by atoms with Crippen molar-refractivity contribution in [1.82, 2.24) is 16.0 Å². The van der Waals surface area contributed by atoms with Gasteiger partial charge in [0, 0.05) is 7.05 Å². The van der Waals surface area contributed by atoms with E-state index in [9.17, 15) is 19.8 Å². The van der Waals surface area contributed by atoms with Gasteiger partial charge in [-0.1, -0.05) is 6.07 Å². The van der Waals surface area contributed by atoms with E-state index in [1.165, 1.54) is 19.2 Å². The summed E-state index contributed by atoms with van der Waals surface area (Å²) in [5, 5.41) is 25.7. The Kier molecular flexibility index (Phi) is 5.60. The topological polar surface area (TPSA) is 137 Å². The van der Waals surface area contributed by atoms with Crippen LogP contribution in [0.5, 0.6) is 11.5 Å². The first-order chi connectivity index (χ1) is 9.43. The first kappa shape index (κ1) is 15.6. The molecular formula is C12H18N4O4. The smallest absolute Gasteiger partial charge is 0.315 e. The molecule has 0 radical (unpaired) electrons. The predicted octanol–water partition coefficient (Wildman–Crippen LogP) is -1.03. The average molecular weight is 282 g/mol. The Morgan fingerprint density at radius 2 is 1.95 bits per heavy atom. The highest BCUT2D eigenvalue weighted by Crippen LogP contribution is 2.25. The van der Waals surface area contributed by atoms with Crippen molar-refractivity contribution in [2.75, 3.05) is 13.7 Å². The Bertz CT molecular complexity index is 492. The second kappa shape index (κ2) is 7.19. The molecule has 0 spiro atoms. The van der Waals surface area contributed by atoms with Gasteiger partial charge in [0.25, 0.3) is 0 Å². The summed E-state index contributed by atoms with van der Waals surface area (Å²) >= 11 is 0. The van der Waals surface area contributed by atoms with Crippen molar-refractivity contribution in [3.8, 4) is 11.5 Å². The fourth-order valence-electron chi connectivity index (χ4n) is 1.47. The molecule has 1 aromatic carbocycles. The summed E-state index contributed by atoms with van der Waals surface area (Å²) in [5.74, 6) is -0.938. The van der Waals surface area contributed by atoms with Crippen LogP contribution in [-0.2, 0) is 11.2 Å². The molecule has 20 heavy (non-hydrogen) atoms. The number of carbonyl (C=O) groups is 2. The number of hydrogen-bond donors (Lipinski definition) is 6. The number of phenols is 2. The van der Waals surface area contributed by atoms with Gasteiger partial charge in [0.15, 0.2) is 11.5 Å². The lowest BCUT2D eigenvalue weighted by molar-refractivity contribution is -0.122. The molecular weight excluding hydrogens is 264 g/mol. The molecule has 0 aliphatic rings. The number of benzene rings is 1. The summed E-state index contributed by atoms with van der Waals surface area (Å²) in [5.41, 5.74) is 6.32. The van der Waals surface area contributed by atoms with Crippen LogP contribution in [-0.4, -0.2) is 41.9 Å². The summed E-state index contributed by atoms with van der Waals surface area (Å²) in [6, 6.07) is 2.98. The predicted molar refractivity (Wildman–Crippen MR) is 72.1 cm³/mol. The maximum absolute atomic E-state index is 11.6. The molecule has 3 amide bonds. The Hall–Kier alpha value is -2.48. The fraction of sp³-hybridized carbons (Fsp3) is 0.333. The van der Waals surface area contributed by atoms with Gasteiger partial charge in [0.05, 0.1) is 12.7 Å². The maximum Gasteiger partial charge on any atom is 0.315 e. The molecule has 8 nitrogen and oxygen atoms in total. The Labute approximate surface area is 116 Å². The highest BCUT2D eigenvalue weighted by molar-refractivity contribution is 5.82. The van der Waals surface area contributed by atoms with E-state index in [1.807, 2.05) is 0 Å². The van der Waals surface area contributed by atoms with E-state index in [1.54, 1.807) is 6.07 Å². The van der Waals surface area contributed by atoms with Gasteiger partial charge in [-0.05, 0) is 24.1 Å². The molecule has 1 aromatic rings. The maximum atomic E-state index is 11.6. The number of carbonyl (C=O) groups excluding carboxylic acids is 2. The third-order valence-electron chi connectivity index (χ3n) is 2.57. The highest BCUT2D eigenvalue weighted by atomic mass is 16.3. The van der Waals surface area contributed by atoms with Gasteiger partial charge >= 0.3 is 6.03 Å². The van der Waals surface area contributed by atoms with Crippen molar-refractivity contribution in [2.45, 2.75) is 12.5 Å². The molecule has 0 aliphatic heterocycles. The van der Waals surface area contributed by atoms with Gasteiger partial charge < -0.3 is 31.9 Å². The van der Waals surface area contributed by atoms with Crippen LogP contribution < -0.4 is 21.7 Å². The number of aromatic hydroxyl groups is 2. The molecule has 0 aliphatic carbocycles. The number of urea groups is 1. The summed E-state index contributed by atoms with van der Waals surface area (Å²) in [4.78, 5) is 22.5. The first-order valence-corrected chi connectivity index (χ1v) is 5.93. The van der Waals surface area contributed by atoms with E-state index in [2.05, 4.69) is 16.0 Å². The van der Waals surface area contributed by atoms with Gasteiger partial charge in [-0.15, -0.1) is 0 Å². The van der Waals surface area contributed by atoms with Crippen molar-refractivity contribution in [3.05, 3.63) is 23.8 Å². The minimum absolute atomic E-state index is 0.0347. The van der Waals surface area contributed by atoms with Crippen LogP contribution in [0.1, 0.15) is 5.56 Å². The van der Waals surface area contributed by atoms with E-state index in [0.29, 0.717) is 5.56 Å². The zero-order valence-corrected chi connectivity index (χ0v) is 11.0. The number of amides is 3. The third kappa shape index (κ3) is 4.65. The van der Waals surface area contributed by atoms with Crippen LogP contribution in [0, 0.1) is 0 Å². The van der Waals surface area contributed by atoms with Crippen LogP contribution in [0.2, 0.25) is 0 Å². The number of rotatable bonds is 5. The number of hydrogen-bond acceptors (Lipinski definition) is 5. The van der Waals surface area contributed by atoms with Gasteiger partial charge in [0.1, 0.15) is 0 Å². The molecule has 7 N–H and O–H groups in total. The minimum atomic E-state index is -0.828. The minimum Gasteiger partial charge on any atom is -0.504 e. The lowest BCUT2D eigenvalue weighted by Gasteiger charge is -2.13. The van der Waals surface area contributed by atoms with E-state index in [-0.39, 0.29) is 24.6 Å². The van der Waals surface area contributed by atoms with E-state index in [0.717, 1.165) is 0 Å². The molecule has 0 fully saturated rings. The number of nitrogens with two attached hydrogens (primary N) is 1. The van der Waals surface area contributed by atoms with E-state index in [4.69, 9.17) is 5.73 Å². The summed E-state index contributed by atoms with van der Waals surface area (Å²) in [6.45, 7) is -0.0347. The zero-order valence-electron chi connectivity index (χ0n) is 11.0. The Morgan fingerprint density at radius 3 is 2.55 bits per heavy atom. The molecule has 0 bridgehead atoms. The van der Waals surface area contributed by atoms with Crippen LogP contribution in [0.25, 0.3) is 0 Å². The van der Waals surface area contributed by atoms with Gasteiger partial charge in [-0.2, -0.15) is 0 Å². The largest absolute Gasteiger partial charge is 0.504 e. The normalized spacial score (nSPS) is 11.5. The monoisotopic (exact) mass is 282 g/mol. The van der Waals surface area contributed by atoms with Crippen molar-refractivity contribution in [1.29, 1.82) is 0 Å². The van der Waals surface area contributed by atoms with E-state index < -0.39 is 18.0 Å². The van der Waals surface area contributed by atoms with Crippen molar-refractivity contribution in [3.63, 3.8) is 0 Å². The molecule has 110 valence electrons. The fourth-order valence-corrected chi connectivity index (χ4v) is 1.47. The van der Waals surface area contributed by atoms with Crippen LogP contribution in [0.4, 0.5) is 4.79 Å². The molecule has 0 unspecified atom stereocenters. The van der Waals surface area contributed by atoms with Gasteiger partial charge in [0.2, 0.25) is 5.91 Å². The van der Waals surface area contributed by atoms with Crippen molar-refractivity contribution >= 4 is 11.9 Å². The molecule has 0 saturated carbocycles. The SMILES string of the molecule is CNC(=O)NCNC(=O)[C@H](N)Cc1ccc(O)c(O)c1. The van der Waals surface area contributed by atoms with Crippen LogP contribution in [0.15, 0.2) is 18.2 Å². The molecule has 8 heteroatoms.